The number of rotatable bonds is 3. The van der Waals surface area contributed by atoms with E-state index in [1.807, 2.05) is 5.32 Å². The van der Waals surface area contributed by atoms with Crippen LogP contribution in [0.4, 0.5) is 22.0 Å². The van der Waals surface area contributed by atoms with Crippen molar-refractivity contribution in [1.29, 1.82) is 0 Å². The summed E-state index contributed by atoms with van der Waals surface area (Å²) in [7, 11) is 0. The van der Waals surface area contributed by atoms with Gasteiger partial charge >= 0.3 is 0 Å². The number of carbonyl (C=O) groups excluding carboxylic acids is 1. The number of halogens is 5. The first kappa shape index (κ1) is 14.9. The minimum Gasteiger partial charge on any atom is -0.342 e. The van der Waals surface area contributed by atoms with E-state index in [1.165, 1.54) is 6.92 Å². The number of benzene rings is 1. The lowest BCUT2D eigenvalue weighted by Gasteiger charge is -2.12. The lowest BCUT2D eigenvalue weighted by molar-refractivity contribution is 0.0926. The van der Waals surface area contributed by atoms with Gasteiger partial charge in [0.2, 0.25) is 5.82 Å². The molecule has 1 unspecified atom stereocenters. The van der Waals surface area contributed by atoms with Crippen LogP contribution in [0.1, 0.15) is 29.1 Å². The molecule has 10 heteroatoms. The molecule has 1 aromatic carbocycles. The van der Waals surface area contributed by atoms with Crippen molar-refractivity contribution >= 4 is 5.91 Å². The lowest BCUT2D eigenvalue weighted by Crippen LogP contribution is -2.30. The van der Waals surface area contributed by atoms with Gasteiger partial charge in [-0.2, -0.15) is 5.10 Å². The van der Waals surface area contributed by atoms with Crippen molar-refractivity contribution in [2.45, 2.75) is 13.0 Å². The first-order valence-electron chi connectivity index (χ1n) is 5.52. The Kier molecular flexibility index (Phi) is 3.87. The number of hydrogen-bond acceptors (Lipinski definition) is 3. The summed E-state index contributed by atoms with van der Waals surface area (Å²) >= 11 is 0. The Hall–Kier alpha value is -2.52. The molecule has 21 heavy (non-hydrogen) atoms. The van der Waals surface area contributed by atoms with E-state index in [-0.39, 0.29) is 5.82 Å². The monoisotopic (exact) mass is 306 g/mol. The number of H-pyrrole nitrogens is 1. The van der Waals surface area contributed by atoms with Crippen molar-refractivity contribution in [3.05, 3.63) is 46.8 Å². The highest BCUT2D eigenvalue weighted by atomic mass is 19.2. The summed E-state index contributed by atoms with van der Waals surface area (Å²) in [6.45, 7) is 1.38. The van der Waals surface area contributed by atoms with E-state index in [4.69, 9.17) is 0 Å². The zero-order valence-corrected chi connectivity index (χ0v) is 10.3. The quantitative estimate of drug-likeness (QED) is 0.517. The van der Waals surface area contributed by atoms with Gasteiger partial charge in [0.25, 0.3) is 5.91 Å². The summed E-state index contributed by atoms with van der Waals surface area (Å²) in [5.74, 6) is -12.4. The van der Waals surface area contributed by atoms with Crippen LogP contribution in [0, 0.1) is 29.1 Å². The van der Waals surface area contributed by atoms with Gasteiger partial charge in [0, 0.05) is 0 Å². The molecule has 0 aliphatic rings. The van der Waals surface area contributed by atoms with Crippen LogP contribution in [0.25, 0.3) is 0 Å². The smallest absolute Gasteiger partial charge is 0.258 e. The minimum atomic E-state index is -2.33. The molecule has 0 aliphatic heterocycles. The third kappa shape index (κ3) is 2.56. The molecule has 0 bridgehead atoms. The second-order valence-corrected chi connectivity index (χ2v) is 4.01. The summed E-state index contributed by atoms with van der Waals surface area (Å²) in [6.07, 6.45) is 1.12. The van der Waals surface area contributed by atoms with Crippen molar-refractivity contribution < 1.29 is 26.7 Å². The molecular weight excluding hydrogens is 299 g/mol. The first-order valence-corrected chi connectivity index (χ1v) is 5.52. The van der Waals surface area contributed by atoms with Gasteiger partial charge in [-0.05, 0) is 6.92 Å². The zero-order valence-electron chi connectivity index (χ0n) is 10.3. The fraction of sp³-hybridized carbons (Fsp3) is 0.182. The van der Waals surface area contributed by atoms with Gasteiger partial charge < -0.3 is 5.32 Å². The Morgan fingerprint density at radius 2 is 1.62 bits per heavy atom. The molecule has 0 radical (unpaired) electrons. The van der Waals surface area contributed by atoms with Crippen molar-refractivity contribution in [1.82, 2.24) is 20.5 Å². The van der Waals surface area contributed by atoms with Gasteiger partial charge in [-0.15, -0.1) is 0 Å². The van der Waals surface area contributed by atoms with E-state index in [9.17, 15) is 26.7 Å². The summed E-state index contributed by atoms with van der Waals surface area (Å²) in [4.78, 5) is 15.4. The lowest BCUT2D eigenvalue weighted by atomic mass is 10.1. The zero-order chi connectivity index (χ0) is 15.7. The van der Waals surface area contributed by atoms with Crippen molar-refractivity contribution in [2.75, 3.05) is 0 Å². The average Bonchev–Trinajstić information content (AvgIpc) is 2.97. The van der Waals surface area contributed by atoms with Crippen LogP contribution in [0.2, 0.25) is 0 Å². The van der Waals surface area contributed by atoms with E-state index in [0.717, 1.165) is 6.33 Å². The number of aromatic nitrogens is 3. The molecule has 1 aromatic heterocycles. The molecule has 0 spiro atoms. The Morgan fingerprint density at radius 3 is 2.10 bits per heavy atom. The van der Waals surface area contributed by atoms with Crippen LogP contribution < -0.4 is 5.32 Å². The number of nitrogens with zero attached hydrogens (tertiary/aromatic N) is 2. The SMILES string of the molecule is CC(NC(=O)c1c(F)c(F)c(F)c(F)c1F)c1ncn[nH]1. The Bertz CT molecular complexity index is 659. The molecule has 1 amide bonds. The maximum Gasteiger partial charge on any atom is 0.258 e. The van der Waals surface area contributed by atoms with Crippen LogP contribution in [0.5, 0.6) is 0 Å². The molecule has 2 N–H and O–H groups in total. The fourth-order valence-electron chi connectivity index (χ4n) is 1.56. The van der Waals surface area contributed by atoms with Gasteiger partial charge in [-0.1, -0.05) is 0 Å². The minimum absolute atomic E-state index is 0.146. The molecule has 2 aromatic rings. The van der Waals surface area contributed by atoms with Gasteiger partial charge in [0.15, 0.2) is 23.3 Å². The molecule has 1 atom stereocenters. The van der Waals surface area contributed by atoms with Crippen LogP contribution in [-0.2, 0) is 0 Å². The average molecular weight is 306 g/mol. The molecule has 1 heterocycles. The van der Waals surface area contributed by atoms with E-state index in [1.54, 1.807) is 0 Å². The van der Waals surface area contributed by atoms with Crippen LogP contribution in [0.15, 0.2) is 6.33 Å². The topological polar surface area (TPSA) is 70.7 Å². The van der Waals surface area contributed by atoms with Gasteiger partial charge in [0.1, 0.15) is 17.7 Å². The number of hydrogen-bond donors (Lipinski definition) is 2. The number of carbonyl (C=O) groups is 1. The van der Waals surface area contributed by atoms with Crippen molar-refractivity contribution in [2.24, 2.45) is 0 Å². The highest BCUT2D eigenvalue weighted by Gasteiger charge is 2.30. The van der Waals surface area contributed by atoms with E-state index in [2.05, 4.69) is 15.2 Å². The molecular formula is C11H7F5N4O. The highest BCUT2D eigenvalue weighted by molar-refractivity contribution is 5.95. The summed E-state index contributed by atoms with van der Waals surface area (Å²) in [5.41, 5.74) is -1.56. The predicted molar refractivity (Wildman–Crippen MR) is 58.5 cm³/mol. The summed E-state index contributed by atoms with van der Waals surface area (Å²) < 4.78 is 65.7. The maximum atomic E-state index is 13.4. The third-order valence-electron chi connectivity index (χ3n) is 2.63. The molecule has 0 aliphatic carbocycles. The Balaban J connectivity index is 2.36. The number of nitrogens with one attached hydrogen (secondary N) is 2. The molecule has 112 valence electrons. The van der Waals surface area contributed by atoms with E-state index in [0.29, 0.717) is 0 Å². The third-order valence-corrected chi connectivity index (χ3v) is 2.63. The summed E-state index contributed by atoms with van der Waals surface area (Å²) in [6, 6.07) is -0.880. The van der Waals surface area contributed by atoms with E-state index >= 15 is 0 Å². The molecule has 0 saturated heterocycles. The Labute approximate surface area is 114 Å². The maximum absolute atomic E-state index is 13.4. The molecule has 2 rings (SSSR count). The largest absolute Gasteiger partial charge is 0.342 e. The molecule has 5 nitrogen and oxygen atoms in total. The molecule has 0 fully saturated rings. The molecule has 0 saturated carbocycles. The second-order valence-electron chi connectivity index (χ2n) is 4.01. The predicted octanol–water partition coefficient (Wildman–Crippen LogP) is 1.99. The van der Waals surface area contributed by atoms with Gasteiger partial charge in [-0.25, -0.2) is 26.9 Å². The second kappa shape index (κ2) is 5.46. The van der Waals surface area contributed by atoms with Crippen LogP contribution in [-0.4, -0.2) is 21.1 Å². The van der Waals surface area contributed by atoms with Gasteiger partial charge in [-0.3, -0.25) is 9.89 Å². The highest BCUT2D eigenvalue weighted by Crippen LogP contribution is 2.23. The van der Waals surface area contributed by atoms with E-state index < -0.39 is 46.6 Å². The normalized spacial score (nSPS) is 12.3. The fourth-order valence-corrected chi connectivity index (χ4v) is 1.56. The number of aromatic amines is 1. The van der Waals surface area contributed by atoms with Crippen LogP contribution in [0.3, 0.4) is 0 Å². The first-order chi connectivity index (χ1) is 9.84. The van der Waals surface area contributed by atoms with Gasteiger partial charge in [0.05, 0.1) is 6.04 Å². The van der Waals surface area contributed by atoms with Crippen LogP contribution >= 0.6 is 0 Å². The van der Waals surface area contributed by atoms with Crippen molar-refractivity contribution in [3.63, 3.8) is 0 Å². The number of amides is 1. The van der Waals surface area contributed by atoms with Crippen molar-refractivity contribution in [3.8, 4) is 0 Å². The standard InChI is InChI=1S/C11H7F5N4O/c1-3(10-17-2-18-20-10)19-11(21)4-5(12)7(14)9(16)8(15)6(4)13/h2-3H,1H3,(H,19,21)(H,17,18,20). The Morgan fingerprint density at radius 1 is 1.10 bits per heavy atom. The summed E-state index contributed by atoms with van der Waals surface area (Å²) in [5, 5.41) is 7.92.